The monoisotopic (exact) mass is 309 g/mol. The second kappa shape index (κ2) is 4.86. The van der Waals surface area contributed by atoms with Crippen LogP contribution < -0.4 is 10.5 Å². The minimum Gasteiger partial charge on any atom is -0.487 e. The fraction of sp³-hybridized carbons (Fsp3) is 0.600. The lowest BCUT2D eigenvalue weighted by molar-refractivity contribution is 0.0213. The molecule has 3 rings (SSSR count). The van der Waals surface area contributed by atoms with Crippen LogP contribution in [0.3, 0.4) is 0 Å². The highest BCUT2D eigenvalue weighted by Crippen LogP contribution is 2.45. The van der Waals surface area contributed by atoms with E-state index in [1.807, 2.05) is 6.07 Å². The molecule has 3 heteroatoms. The standard InChI is InChI=1S/C15H20BrNO/c16-11-5-6-12-13(17)10-15(18-14(12)9-11)7-3-1-2-4-8-15/h5-6,9,13H,1-4,7-8,10,17H2/t13-/m1/s1. The maximum atomic E-state index is 6.38. The molecule has 0 unspecified atom stereocenters. The summed E-state index contributed by atoms with van der Waals surface area (Å²) in [6.45, 7) is 0. The summed E-state index contributed by atoms with van der Waals surface area (Å²) < 4.78 is 7.45. The summed E-state index contributed by atoms with van der Waals surface area (Å²) >= 11 is 3.52. The molecule has 0 bridgehead atoms. The smallest absolute Gasteiger partial charge is 0.126 e. The van der Waals surface area contributed by atoms with Gasteiger partial charge < -0.3 is 10.5 Å². The van der Waals surface area contributed by atoms with E-state index >= 15 is 0 Å². The molecular weight excluding hydrogens is 290 g/mol. The largest absolute Gasteiger partial charge is 0.487 e. The van der Waals surface area contributed by atoms with Crippen molar-refractivity contribution in [1.29, 1.82) is 0 Å². The zero-order valence-electron chi connectivity index (χ0n) is 10.6. The average Bonchev–Trinajstić information content (AvgIpc) is 2.54. The third-order valence-corrected chi connectivity index (χ3v) is 4.80. The molecule has 1 aromatic rings. The van der Waals surface area contributed by atoms with E-state index in [1.54, 1.807) is 0 Å². The zero-order valence-corrected chi connectivity index (χ0v) is 12.2. The molecule has 1 saturated carbocycles. The number of fused-ring (bicyclic) bond motifs is 1. The lowest BCUT2D eigenvalue weighted by Gasteiger charge is -2.41. The third-order valence-electron chi connectivity index (χ3n) is 4.31. The van der Waals surface area contributed by atoms with Crippen LogP contribution >= 0.6 is 15.9 Å². The first kappa shape index (κ1) is 12.5. The SMILES string of the molecule is N[C@@H]1CC2(CCCCCC2)Oc2cc(Br)ccc21. The predicted molar refractivity (Wildman–Crippen MR) is 76.7 cm³/mol. The summed E-state index contributed by atoms with van der Waals surface area (Å²) in [7, 11) is 0. The van der Waals surface area contributed by atoms with Gasteiger partial charge in [-0.3, -0.25) is 0 Å². The molecule has 1 aliphatic heterocycles. The van der Waals surface area contributed by atoms with Gasteiger partial charge in [0, 0.05) is 22.5 Å². The van der Waals surface area contributed by atoms with Gasteiger partial charge in [-0.2, -0.15) is 0 Å². The number of rotatable bonds is 0. The Labute approximate surface area is 117 Å². The molecule has 0 amide bonds. The van der Waals surface area contributed by atoms with Crippen molar-refractivity contribution in [2.24, 2.45) is 5.73 Å². The highest BCUT2D eigenvalue weighted by Gasteiger charge is 2.39. The van der Waals surface area contributed by atoms with E-state index in [2.05, 4.69) is 28.1 Å². The van der Waals surface area contributed by atoms with E-state index in [4.69, 9.17) is 10.5 Å². The molecule has 2 aliphatic rings. The van der Waals surface area contributed by atoms with Gasteiger partial charge in [-0.1, -0.05) is 34.8 Å². The van der Waals surface area contributed by atoms with Crippen molar-refractivity contribution >= 4 is 15.9 Å². The first-order chi connectivity index (χ1) is 8.69. The fourth-order valence-electron chi connectivity index (χ4n) is 3.37. The van der Waals surface area contributed by atoms with Crippen molar-refractivity contribution in [3.8, 4) is 5.75 Å². The first-order valence-electron chi connectivity index (χ1n) is 6.93. The quantitative estimate of drug-likeness (QED) is 0.774. The molecule has 1 spiro atoms. The van der Waals surface area contributed by atoms with E-state index in [0.29, 0.717) is 0 Å². The van der Waals surface area contributed by atoms with Crippen molar-refractivity contribution in [1.82, 2.24) is 0 Å². The Hall–Kier alpha value is -0.540. The number of benzene rings is 1. The van der Waals surface area contributed by atoms with Crippen LogP contribution in [-0.4, -0.2) is 5.60 Å². The molecule has 0 saturated heterocycles. The molecule has 2 nitrogen and oxygen atoms in total. The summed E-state index contributed by atoms with van der Waals surface area (Å²) in [4.78, 5) is 0. The van der Waals surface area contributed by atoms with Crippen LogP contribution in [0.4, 0.5) is 0 Å². The van der Waals surface area contributed by atoms with Crippen LogP contribution in [0.15, 0.2) is 22.7 Å². The second-order valence-electron chi connectivity index (χ2n) is 5.69. The van der Waals surface area contributed by atoms with Crippen LogP contribution in [0.25, 0.3) is 0 Å². The van der Waals surface area contributed by atoms with Crippen LogP contribution in [-0.2, 0) is 0 Å². The van der Waals surface area contributed by atoms with Crippen molar-refractivity contribution in [3.63, 3.8) is 0 Å². The molecule has 2 N–H and O–H groups in total. The second-order valence-corrected chi connectivity index (χ2v) is 6.61. The van der Waals surface area contributed by atoms with Gasteiger partial charge in [-0.05, 0) is 37.8 Å². The molecule has 18 heavy (non-hydrogen) atoms. The van der Waals surface area contributed by atoms with Crippen molar-refractivity contribution in [3.05, 3.63) is 28.2 Å². The van der Waals surface area contributed by atoms with Crippen molar-refractivity contribution < 1.29 is 4.74 Å². The Kier molecular flexibility index (Phi) is 3.37. The summed E-state index contributed by atoms with van der Waals surface area (Å²) in [5, 5.41) is 0. The highest BCUT2D eigenvalue weighted by molar-refractivity contribution is 9.10. The Bertz CT molecular complexity index is 438. The minimum atomic E-state index is 0.00368. The number of ether oxygens (including phenoxy) is 1. The minimum absolute atomic E-state index is 0.00368. The summed E-state index contributed by atoms with van der Waals surface area (Å²) in [5.41, 5.74) is 7.52. The predicted octanol–water partition coefficient (Wildman–Crippen LogP) is 4.32. The van der Waals surface area contributed by atoms with Crippen LogP contribution in [0.1, 0.15) is 56.6 Å². The number of nitrogens with two attached hydrogens (primary N) is 1. The molecule has 1 aromatic carbocycles. The molecule has 1 atom stereocenters. The third kappa shape index (κ3) is 2.30. The molecule has 1 fully saturated rings. The number of hydrogen-bond acceptors (Lipinski definition) is 2. The Morgan fingerprint density at radius 1 is 1.17 bits per heavy atom. The van der Waals surface area contributed by atoms with Gasteiger partial charge in [0.25, 0.3) is 0 Å². The summed E-state index contributed by atoms with van der Waals surface area (Å²) in [6, 6.07) is 6.34. The topological polar surface area (TPSA) is 35.2 Å². The molecule has 98 valence electrons. The molecule has 1 aliphatic carbocycles. The van der Waals surface area contributed by atoms with Crippen LogP contribution in [0.5, 0.6) is 5.75 Å². The van der Waals surface area contributed by atoms with E-state index in [0.717, 1.165) is 35.0 Å². The van der Waals surface area contributed by atoms with Gasteiger partial charge in [0.05, 0.1) is 0 Å². The summed E-state index contributed by atoms with van der Waals surface area (Å²) in [5.74, 6) is 0.991. The Morgan fingerprint density at radius 3 is 2.61 bits per heavy atom. The fourth-order valence-corrected chi connectivity index (χ4v) is 3.71. The lowest BCUT2D eigenvalue weighted by Crippen LogP contribution is -2.42. The normalized spacial score (nSPS) is 26.2. The molecule has 1 heterocycles. The van der Waals surface area contributed by atoms with Gasteiger partial charge in [0.15, 0.2) is 0 Å². The average molecular weight is 310 g/mol. The zero-order chi connectivity index (χ0) is 12.6. The maximum Gasteiger partial charge on any atom is 0.126 e. The van der Waals surface area contributed by atoms with Crippen LogP contribution in [0, 0.1) is 0 Å². The van der Waals surface area contributed by atoms with Crippen molar-refractivity contribution in [2.75, 3.05) is 0 Å². The van der Waals surface area contributed by atoms with Gasteiger partial charge in [-0.25, -0.2) is 0 Å². The maximum absolute atomic E-state index is 6.38. The number of halogens is 1. The van der Waals surface area contributed by atoms with E-state index in [1.165, 1.54) is 25.7 Å². The Balaban J connectivity index is 1.93. The van der Waals surface area contributed by atoms with Crippen LogP contribution in [0.2, 0.25) is 0 Å². The van der Waals surface area contributed by atoms with E-state index in [9.17, 15) is 0 Å². The van der Waals surface area contributed by atoms with E-state index < -0.39 is 0 Å². The van der Waals surface area contributed by atoms with E-state index in [-0.39, 0.29) is 11.6 Å². The lowest BCUT2D eigenvalue weighted by atomic mass is 9.82. The number of hydrogen-bond donors (Lipinski definition) is 1. The highest BCUT2D eigenvalue weighted by atomic mass is 79.9. The molecule has 0 aromatic heterocycles. The molecular formula is C15H20BrNO. The van der Waals surface area contributed by atoms with Gasteiger partial charge in [0.1, 0.15) is 11.4 Å². The molecule has 0 radical (unpaired) electrons. The van der Waals surface area contributed by atoms with Gasteiger partial charge in [-0.15, -0.1) is 0 Å². The van der Waals surface area contributed by atoms with Gasteiger partial charge >= 0.3 is 0 Å². The Morgan fingerprint density at radius 2 is 1.89 bits per heavy atom. The first-order valence-corrected chi connectivity index (χ1v) is 7.72. The van der Waals surface area contributed by atoms with Crippen molar-refractivity contribution in [2.45, 2.75) is 56.6 Å². The van der Waals surface area contributed by atoms with Gasteiger partial charge in [0.2, 0.25) is 0 Å². The summed E-state index contributed by atoms with van der Waals surface area (Å²) in [6.07, 6.45) is 8.52.